The molecule has 0 spiro atoms. The molecular formula is C19H20F2N4. The standard InChI is InChI=1S/C19H20F2N4/c1-11-5-7-25(11)18-23-16(15-4-6-19(20,21)17(15)24-18)12-2-3-13-9-22-10-14(13)8-12/h2-3,8,11,22H,4-7,9-10H2,1H3/t11-/m0/s1. The van der Waals surface area contributed by atoms with Crippen LogP contribution >= 0.6 is 0 Å². The van der Waals surface area contributed by atoms with Crippen LogP contribution in [0.15, 0.2) is 18.2 Å². The molecule has 1 atom stereocenters. The Morgan fingerprint density at radius 1 is 1.20 bits per heavy atom. The van der Waals surface area contributed by atoms with Crippen LogP contribution in [0.5, 0.6) is 0 Å². The fourth-order valence-electron chi connectivity index (χ4n) is 4.03. The molecule has 6 heteroatoms. The minimum absolute atomic E-state index is 0.0646. The number of aromatic nitrogens is 2. The molecule has 3 heterocycles. The minimum atomic E-state index is -2.85. The Bertz CT molecular complexity index is 865. The van der Waals surface area contributed by atoms with Gasteiger partial charge in [-0.05, 0) is 37.0 Å². The molecule has 25 heavy (non-hydrogen) atoms. The number of hydrogen-bond acceptors (Lipinski definition) is 4. The SMILES string of the molecule is C[C@H]1CCN1c1nc(-c2ccc3c(c2)CNC3)c2c(n1)C(F)(F)CC2. The maximum atomic E-state index is 14.4. The number of nitrogens with zero attached hydrogens (tertiary/aromatic N) is 3. The first-order valence-corrected chi connectivity index (χ1v) is 8.92. The molecule has 0 unspecified atom stereocenters. The van der Waals surface area contributed by atoms with Gasteiger partial charge < -0.3 is 10.2 Å². The van der Waals surface area contributed by atoms with Gasteiger partial charge in [-0.1, -0.05) is 12.1 Å². The van der Waals surface area contributed by atoms with Crippen LogP contribution in [0, 0.1) is 0 Å². The summed E-state index contributed by atoms with van der Waals surface area (Å²) >= 11 is 0. The van der Waals surface area contributed by atoms with E-state index in [0.717, 1.165) is 31.6 Å². The quantitative estimate of drug-likeness (QED) is 0.908. The number of alkyl halides is 2. The van der Waals surface area contributed by atoms with Gasteiger partial charge in [-0.2, -0.15) is 8.78 Å². The summed E-state index contributed by atoms with van der Waals surface area (Å²) in [5, 5.41) is 3.32. The maximum Gasteiger partial charge on any atom is 0.290 e. The zero-order chi connectivity index (χ0) is 17.2. The Morgan fingerprint density at radius 2 is 2.04 bits per heavy atom. The van der Waals surface area contributed by atoms with Crippen LogP contribution in [-0.4, -0.2) is 22.6 Å². The molecule has 0 saturated carbocycles. The molecule has 2 aliphatic heterocycles. The molecule has 1 saturated heterocycles. The van der Waals surface area contributed by atoms with Crippen molar-refractivity contribution >= 4 is 5.95 Å². The first-order valence-electron chi connectivity index (χ1n) is 8.92. The number of halogens is 2. The van der Waals surface area contributed by atoms with Gasteiger partial charge in [0.05, 0.1) is 5.69 Å². The lowest BCUT2D eigenvalue weighted by molar-refractivity contribution is -0.00595. The van der Waals surface area contributed by atoms with E-state index in [2.05, 4.69) is 29.4 Å². The van der Waals surface area contributed by atoms with Gasteiger partial charge in [0.25, 0.3) is 5.92 Å². The van der Waals surface area contributed by atoms with Crippen molar-refractivity contribution in [3.8, 4) is 11.3 Å². The molecule has 5 rings (SSSR count). The van der Waals surface area contributed by atoms with Crippen LogP contribution in [-0.2, 0) is 25.4 Å². The average Bonchev–Trinajstić information content (AvgIpc) is 3.17. The van der Waals surface area contributed by atoms with E-state index in [0.29, 0.717) is 29.7 Å². The van der Waals surface area contributed by atoms with E-state index in [9.17, 15) is 8.78 Å². The highest BCUT2D eigenvalue weighted by molar-refractivity contribution is 5.68. The van der Waals surface area contributed by atoms with Gasteiger partial charge in [-0.3, -0.25) is 0 Å². The first-order chi connectivity index (χ1) is 12.0. The van der Waals surface area contributed by atoms with E-state index < -0.39 is 5.92 Å². The number of benzene rings is 1. The molecule has 130 valence electrons. The third-order valence-electron chi connectivity index (χ3n) is 5.72. The van der Waals surface area contributed by atoms with Gasteiger partial charge in [0.15, 0.2) is 0 Å². The van der Waals surface area contributed by atoms with E-state index in [1.807, 2.05) is 11.0 Å². The smallest absolute Gasteiger partial charge is 0.290 e. The van der Waals surface area contributed by atoms with Crippen LogP contribution in [0.25, 0.3) is 11.3 Å². The highest BCUT2D eigenvalue weighted by Gasteiger charge is 2.44. The number of anilines is 1. The topological polar surface area (TPSA) is 41.1 Å². The summed E-state index contributed by atoms with van der Waals surface area (Å²) in [7, 11) is 0. The molecule has 0 radical (unpaired) electrons. The van der Waals surface area contributed by atoms with E-state index in [1.165, 1.54) is 11.1 Å². The maximum absolute atomic E-state index is 14.4. The third-order valence-corrected chi connectivity index (χ3v) is 5.72. The summed E-state index contributed by atoms with van der Waals surface area (Å²) in [5.74, 6) is -2.40. The van der Waals surface area contributed by atoms with Crippen LogP contribution in [0.1, 0.15) is 42.1 Å². The summed E-state index contributed by atoms with van der Waals surface area (Å²) in [5.41, 5.74) is 4.67. The van der Waals surface area contributed by atoms with Crippen LogP contribution in [0.4, 0.5) is 14.7 Å². The molecule has 2 aromatic rings. The second kappa shape index (κ2) is 5.21. The highest BCUT2D eigenvalue weighted by Crippen LogP contribution is 2.45. The molecule has 1 aromatic carbocycles. The summed E-state index contributed by atoms with van der Waals surface area (Å²) in [6.07, 6.45) is 1.22. The second-order valence-corrected chi connectivity index (χ2v) is 7.32. The first kappa shape index (κ1) is 15.2. The van der Waals surface area contributed by atoms with Crippen LogP contribution in [0.3, 0.4) is 0 Å². The fourth-order valence-corrected chi connectivity index (χ4v) is 4.03. The molecule has 3 aliphatic rings. The van der Waals surface area contributed by atoms with Gasteiger partial charge in [-0.15, -0.1) is 0 Å². The van der Waals surface area contributed by atoms with Gasteiger partial charge in [0.2, 0.25) is 5.95 Å². The summed E-state index contributed by atoms with van der Waals surface area (Å²) in [6.45, 7) is 4.60. The second-order valence-electron chi connectivity index (χ2n) is 7.32. The molecule has 4 nitrogen and oxygen atoms in total. The molecule has 1 N–H and O–H groups in total. The Labute approximate surface area is 145 Å². The fraction of sp³-hybridized carbons (Fsp3) is 0.474. The van der Waals surface area contributed by atoms with Crippen molar-refractivity contribution in [1.29, 1.82) is 0 Å². The number of fused-ring (bicyclic) bond motifs is 2. The van der Waals surface area contributed by atoms with Crippen molar-refractivity contribution in [2.45, 2.75) is 51.2 Å². The Balaban J connectivity index is 1.68. The van der Waals surface area contributed by atoms with Crippen molar-refractivity contribution in [2.24, 2.45) is 0 Å². The monoisotopic (exact) mass is 342 g/mol. The van der Waals surface area contributed by atoms with E-state index in [1.54, 1.807) is 0 Å². The number of rotatable bonds is 2. The summed E-state index contributed by atoms with van der Waals surface area (Å²) in [4.78, 5) is 11.0. The zero-order valence-corrected chi connectivity index (χ0v) is 14.1. The Morgan fingerprint density at radius 3 is 2.80 bits per heavy atom. The van der Waals surface area contributed by atoms with E-state index in [-0.39, 0.29) is 12.1 Å². The van der Waals surface area contributed by atoms with Crippen molar-refractivity contribution < 1.29 is 8.78 Å². The van der Waals surface area contributed by atoms with Gasteiger partial charge in [-0.25, -0.2) is 9.97 Å². The largest absolute Gasteiger partial charge is 0.338 e. The molecule has 1 fully saturated rings. The Kier molecular flexibility index (Phi) is 3.17. The van der Waals surface area contributed by atoms with Gasteiger partial charge in [0.1, 0.15) is 5.69 Å². The predicted molar refractivity (Wildman–Crippen MR) is 91.7 cm³/mol. The zero-order valence-electron chi connectivity index (χ0n) is 14.1. The minimum Gasteiger partial charge on any atom is -0.338 e. The number of hydrogen-bond donors (Lipinski definition) is 1. The van der Waals surface area contributed by atoms with Crippen molar-refractivity contribution in [3.05, 3.63) is 40.6 Å². The van der Waals surface area contributed by atoms with Crippen LogP contribution in [0.2, 0.25) is 0 Å². The lowest BCUT2D eigenvalue weighted by Gasteiger charge is -2.39. The van der Waals surface area contributed by atoms with Crippen molar-refractivity contribution in [3.63, 3.8) is 0 Å². The highest BCUT2D eigenvalue weighted by atomic mass is 19.3. The summed E-state index contributed by atoms with van der Waals surface area (Å²) in [6, 6.07) is 6.49. The lowest BCUT2D eigenvalue weighted by Crippen LogP contribution is -2.47. The molecular weight excluding hydrogens is 322 g/mol. The van der Waals surface area contributed by atoms with Crippen molar-refractivity contribution in [2.75, 3.05) is 11.4 Å². The molecule has 0 bridgehead atoms. The van der Waals surface area contributed by atoms with Crippen molar-refractivity contribution in [1.82, 2.24) is 15.3 Å². The van der Waals surface area contributed by atoms with Crippen LogP contribution < -0.4 is 10.2 Å². The normalized spacial score (nSPS) is 23.3. The lowest BCUT2D eigenvalue weighted by atomic mass is 10.0. The number of nitrogens with one attached hydrogen (secondary N) is 1. The molecule has 1 aromatic heterocycles. The molecule has 0 amide bonds. The van der Waals surface area contributed by atoms with E-state index in [4.69, 9.17) is 4.98 Å². The average molecular weight is 342 g/mol. The predicted octanol–water partition coefficient (Wildman–Crippen LogP) is 3.38. The Hall–Kier alpha value is -2.08. The third kappa shape index (κ3) is 2.27. The molecule has 1 aliphatic carbocycles. The van der Waals surface area contributed by atoms with Gasteiger partial charge >= 0.3 is 0 Å². The summed E-state index contributed by atoms with van der Waals surface area (Å²) < 4.78 is 28.8. The van der Waals surface area contributed by atoms with Gasteiger partial charge in [0, 0.05) is 43.2 Å². The van der Waals surface area contributed by atoms with E-state index >= 15 is 0 Å².